The number of hydrogen-bond acceptors (Lipinski definition) is 6. The normalized spacial score (nSPS) is 11.2. The Bertz CT molecular complexity index is 658. The molecule has 0 bridgehead atoms. The molecule has 0 unspecified atom stereocenters. The Morgan fingerprint density at radius 1 is 1.38 bits per heavy atom. The smallest absolute Gasteiger partial charge is 0.412 e. The van der Waals surface area contributed by atoms with Crippen molar-refractivity contribution in [1.29, 1.82) is 0 Å². The second-order valence-corrected chi connectivity index (χ2v) is 5.47. The van der Waals surface area contributed by atoms with Gasteiger partial charge < -0.3 is 20.1 Å². The zero-order valence-electron chi connectivity index (χ0n) is 12.0. The van der Waals surface area contributed by atoms with Crippen LogP contribution in [-0.2, 0) is 4.74 Å². The van der Waals surface area contributed by atoms with Gasteiger partial charge in [-0.05, 0) is 32.9 Å². The van der Waals surface area contributed by atoms with Gasteiger partial charge in [0.15, 0.2) is 0 Å². The molecule has 2 aromatic rings. The van der Waals surface area contributed by atoms with E-state index in [0.717, 1.165) is 0 Å². The van der Waals surface area contributed by atoms with Crippen LogP contribution in [0.4, 0.5) is 16.4 Å². The number of phenols is 1. The van der Waals surface area contributed by atoms with Crippen LogP contribution in [0, 0.1) is 0 Å². The van der Waals surface area contributed by atoms with E-state index >= 15 is 0 Å². The van der Waals surface area contributed by atoms with Gasteiger partial charge >= 0.3 is 6.09 Å². The van der Waals surface area contributed by atoms with E-state index in [-0.39, 0.29) is 11.6 Å². The minimum absolute atomic E-state index is 0.0585. The number of nitrogens with one attached hydrogen (secondary N) is 1. The number of anilines is 2. The molecule has 0 aliphatic heterocycles. The van der Waals surface area contributed by atoms with Crippen molar-refractivity contribution in [1.82, 2.24) is 5.16 Å². The number of aromatic nitrogens is 1. The molecule has 1 aromatic carbocycles. The topological polar surface area (TPSA) is 111 Å². The zero-order valence-corrected chi connectivity index (χ0v) is 12.0. The maximum Gasteiger partial charge on any atom is 0.412 e. The van der Waals surface area contributed by atoms with Gasteiger partial charge in [-0.3, -0.25) is 5.32 Å². The Labute approximate surface area is 121 Å². The molecular weight excluding hydrogens is 274 g/mol. The van der Waals surface area contributed by atoms with Crippen LogP contribution in [0.15, 0.2) is 28.8 Å². The molecule has 0 fully saturated rings. The van der Waals surface area contributed by atoms with E-state index in [1.165, 1.54) is 12.1 Å². The third kappa shape index (κ3) is 3.88. The number of ether oxygens (including phenoxy) is 1. The number of carbonyl (C=O) groups is 1. The Hall–Kier alpha value is -2.70. The molecule has 0 atom stereocenters. The summed E-state index contributed by atoms with van der Waals surface area (Å²) in [6, 6.07) is 6.10. The molecule has 0 saturated heterocycles. The molecule has 4 N–H and O–H groups in total. The van der Waals surface area contributed by atoms with E-state index in [9.17, 15) is 9.90 Å². The van der Waals surface area contributed by atoms with Crippen molar-refractivity contribution in [3.63, 3.8) is 0 Å². The van der Waals surface area contributed by atoms with Crippen LogP contribution in [0.25, 0.3) is 11.3 Å². The second kappa shape index (κ2) is 5.35. The third-order valence-electron chi connectivity index (χ3n) is 2.45. The van der Waals surface area contributed by atoms with Crippen LogP contribution in [0.5, 0.6) is 5.75 Å². The van der Waals surface area contributed by atoms with Crippen LogP contribution in [0.3, 0.4) is 0 Å². The molecular formula is C14H17N3O4. The number of carbonyl (C=O) groups excluding carboxylic acids is 1. The molecule has 21 heavy (non-hydrogen) atoms. The Morgan fingerprint density at radius 3 is 2.62 bits per heavy atom. The van der Waals surface area contributed by atoms with Crippen LogP contribution in [0.1, 0.15) is 20.8 Å². The first-order chi connectivity index (χ1) is 9.74. The highest BCUT2D eigenvalue weighted by Gasteiger charge is 2.17. The van der Waals surface area contributed by atoms with E-state index in [2.05, 4.69) is 10.5 Å². The first-order valence-electron chi connectivity index (χ1n) is 6.30. The number of nitrogen functional groups attached to an aromatic ring is 1. The van der Waals surface area contributed by atoms with Crippen LogP contribution in [-0.4, -0.2) is 22.0 Å². The quantitative estimate of drug-likeness (QED) is 0.784. The molecule has 0 saturated carbocycles. The van der Waals surface area contributed by atoms with E-state index < -0.39 is 11.7 Å². The molecule has 1 amide bonds. The minimum Gasteiger partial charge on any atom is -0.507 e. The average Bonchev–Trinajstić information content (AvgIpc) is 2.73. The highest BCUT2D eigenvalue weighted by atomic mass is 16.6. The summed E-state index contributed by atoms with van der Waals surface area (Å²) in [6.45, 7) is 5.30. The van der Waals surface area contributed by atoms with Gasteiger partial charge in [0.2, 0.25) is 5.88 Å². The van der Waals surface area contributed by atoms with Gasteiger partial charge in [-0.15, -0.1) is 0 Å². The number of rotatable bonds is 2. The summed E-state index contributed by atoms with van der Waals surface area (Å²) >= 11 is 0. The lowest BCUT2D eigenvalue weighted by atomic mass is 10.1. The molecule has 0 spiro atoms. The van der Waals surface area contributed by atoms with E-state index in [4.69, 9.17) is 15.0 Å². The van der Waals surface area contributed by atoms with Crippen molar-refractivity contribution in [2.24, 2.45) is 0 Å². The Kier molecular flexibility index (Phi) is 3.75. The van der Waals surface area contributed by atoms with Crippen molar-refractivity contribution in [2.45, 2.75) is 26.4 Å². The van der Waals surface area contributed by atoms with Crippen molar-refractivity contribution in [3.05, 3.63) is 24.3 Å². The molecule has 1 aromatic heterocycles. The van der Waals surface area contributed by atoms with E-state index in [1.54, 1.807) is 32.9 Å². The van der Waals surface area contributed by atoms with Gasteiger partial charge in [0.25, 0.3) is 0 Å². The fourth-order valence-electron chi connectivity index (χ4n) is 1.66. The summed E-state index contributed by atoms with van der Waals surface area (Å²) in [5.41, 5.74) is 6.11. The summed E-state index contributed by atoms with van der Waals surface area (Å²) in [6.07, 6.45) is -0.597. The fourth-order valence-corrected chi connectivity index (χ4v) is 1.66. The zero-order chi connectivity index (χ0) is 15.6. The third-order valence-corrected chi connectivity index (χ3v) is 2.45. The molecule has 112 valence electrons. The van der Waals surface area contributed by atoms with Gasteiger partial charge in [-0.2, -0.15) is 0 Å². The van der Waals surface area contributed by atoms with E-state index in [0.29, 0.717) is 16.9 Å². The number of aromatic hydroxyl groups is 1. The van der Waals surface area contributed by atoms with Crippen molar-refractivity contribution in [3.8, 4) is 17.0 Å². The number of hydrogen-bond donors (Lipinski definition) is 3. The van der Waals surface area contributed by atoms with Gasteiger partial charge in [0.05, 0.1) is 0 Å². The molecule has 7 nitrogen and oxygen atoms in total. The SMILES string of the molecule is CC(C)(C)OC(=O)Nc1ccc(-c2cc(N)on2)c(O)c1. The van der Waals surface area contributed by atoms with Gasteiger partial charge in [-0.1, -0.05) is 5.16 Å². The van der Waals surface area contributed by atoms with Crippen LogP contribution < -0.4 is 11.1 Å². The number of benzene rings is 1. The van der Waals surface area contributed by atoms with Gasteiger partial charge in [0, 0.05) is 23.4 Å². The highest BCUT2D eigenvalue weighted by Crippen LogP contribution is 2.31. The lowest BCUT2D eigenvalue weighted by molar-refractivity contribution is 0.0636. The minimum atomic E-state index is -0.597. The van der Waals surface area contributed by atoms with Gasteiger partial charge in [-0.25, -0.2) is 4.79 Å². The monoisotopic (exact) mass is 291 g/mol. The summed E-state index contributed by atoms with van der Waals surface area (Å²) in [5.74, 6) is 0.0946. The largest absolute Gasteiger partial charge is 0.507 e. The lowest BCUT2D eigenvalue weighted by Crippen LogP contribution is -2.27. The Balaban J connectivity index is 2.14. The number of nitrogens with two attached hydrogens (primary N) is 1. The van der Waals surface area contributed by atoms with Crippen LogP contribution >= 0.6 is 0 Å². The summed E-state index contributed by atoms with van der Waals surface area (Å²) in [7, 11) is 0. The predicted octanol–water partition coefficient (Wildman–Crippen LogP) is 2.98. The maximum atomic E-state index is 11.6. The average molecular weight is 291 g/mol. The molecule has 7 heteroatoms. The summed E-state index contributed by atoms with van der Waals surface area (Å²) < 4.78 is 9.87. The van der Waals surface area contributed by atoms with Crippen LogP contribution in [0.2, 0.25) is 0 Å². The van der Waals surface area contributed by atoms with Crippen molar-refractivity contribution >= 4 is 17.7 Å². The number of nitrogens with zero attached hydrogens (tertiary/aromatic N) is 1. The molecule has 1 heterocycles. The maximum absolute atomic E-state index is 11.6. The van der Waals surface area contributed by atoms with Crippen molar-refractivity contribution in [2.75, 3.05) is 11.1 Å². The summed E-state index contributed by atoms with van der Waals surface area (Å²) in [4.78, 5) is 11.6. The predicted molar refractivity (Wildman–Crippen MR) is 77.9 cm³/mol. The van der Waals surface area contributed by atoms with Crippen molar-refractivity contribution < 1.29 is 19.2 Å². The summed E-state index contributed by atoms with van der Waals surface area (Å²) in [5, 5.41) is 16.2. The number of amides is 1. The highest BCUT2D eigenvalue weighted by molar-refractivity contribution is 5.86. The Morgan fingerprint density at radius 2 is 2.10 bits per heavy atom. The molecule has 2 rings (SSSR count). The number of phenolic OH excluding ortho intramolecular Hbond substituents is 1. The lowest BCUT2D eigenvalue weighted by Gasteiger charge is -2.19. The first-order valence-corrected chi connectivity index (χ1v) is 6.30. The fraction of sp³-hybridized carbons (Fsp3) is 0.286. The molecule has 0 radical (unpaired) electrons. The first kappa shape index (κ1) is 14.7. The standard InChI is InChI=1S/C14H17N3O4/c1-14(2,3)20-13(19)16-8-4-5-9(11(18)6-8)10-7-12(15)21-17-10/h4-7,18H,15H2,1-3H3,(H,16,19). The molecule has 0 aliphatic rings. The van der Waals surface area contributed by atoms with Gasteiger partial charge in [0.1, 0.15) is 17.0 Å². The van der Waals surface area contributed by atoms with E-state index in [1.807, 2.05) is 0 Å². The molecule has 0 aliphatic carbocycles. The second-order valence-electron chi connectivity index (χ2n) is 5.47.